The van der Waals surface area contributed by atoms with E-state index in [1.54, 1.807) is 0 Å². The fourth-order valence-corrected chi connectivity index (χ4v) is 2.18. The Balaban J connectivity index is -0.00000113. The third kappa shape index (κ3) is 23.2. The van der Waals surface area contributed by atoms with Crippen molar-refractivity contribution in [3.63, 3.8) is 0 Å². The molecule has 0 aromatic heterocycles. The maximum Gasteiger partial charge on any atom is 3.00 e. The van der Waals surface area contributed by atoms with Gasteiger partial charge in [0.2, 0.25) is 0 Å². The van der Waals surface area contributed by atoms with Crippen molar-refractivity contribution >= 4 is 29.8 Å². The van der Waals surface area contributed by atoms with Crippen LogP contribution in [0.15, 0.2) is 0 Å². The van der Waals surface area contributed by atoms with Crippen LogP contribution in [0, 0.1) is 38.2 Å². The molecule has 0 spiro atoms. The number of carbonyl (C=O) groups excluding carboxylic acids is 5. The summed E-state index contributed by atoms with van der Waals surface area (Å²) in [5.74, 6) is -7.67. The SMILES string of the molecule is O=C([O-])CN(CCN(CC(=O)[O-])CC(=O)[O-])CCN(CC(=O)[O-])CC(=O)[O-].[Dy+3].[Na+].[Na+]. The molecule has 0 heterocycles. The van der Waals surface area contributed by atoms with E-state index in [-0.39, 0.29) is 123 Å². The van der Waals surface area contributed by atoms with Crippen LogP contribution in [0.2, 0.25) is 0 Å². The topological polar surface area (TPSA) is 210 Å². The predicted molar refractivity (Wildman–Crippen MR) is 74.4 cm³/mol. The van der Waals surface area contributed by atoms with Gasteiger partial charge >= 0.3 is 97.3 Å². The van der Waals surface area contributed by atoms with Gasteiger partial charge in [-0.05, 0) is 0 Å². The van der Waals surface area contributed by atoms with Gasteiger partial charge in [0.1, 0.15) is 0 Å². The predicted octanol–water partition coefficient (Wildman–Crippen LogP) is -15.4. The second kappa shape index (κ2) is 21.4. The third-order valence-corrected chi connectivity index (χ3v) is 3.23. The summed E-state index contributed by atoms with van der Waals surface area (Å²) in [4.78, 5) is 56.4. The molecule has 0 atom stereocenters. The molecule has 13 nitrogen and oxygen atoms in total. The summed E-state index contributed by atoms with van der Waals surface area (Å²) in [6, 6.07) is 0. The van der Waals surface area contributed by atoms with Gasteiger partial charge in [-0.1, -0.05) is 0 Å². The van der Waals surface area contributed by atoms with Crippen molar-refractivity contribution in [2.24, 2.45) is 0 Å². The van der Waals surface area contributed by atoms with Gasteiger partial charge in [0, 0.05) is 58.9 Å². The molecule has 0 fully saturated rings. The summed E-state index contributed by atoms with van der Waals surface area (Å²) in [7, 11) is 0. The Hall–Kier alpha value is 0.503. The largest absolute Gasteiger partial charge is 3.00 e. The third-order valence-electron chi connectivity index (χ3n) is 3.23. The van der Waals surface area contributed by atoms with Crippen molar-refractivity contribution in [2.75, 3.05) is 58.9 Å². The summed E-state index contributed by atoms with van der Waals surface area (Å²) in [6.45, 7) is -4.16. The molecule has 0 aromatic carbocycles. The van der Waals surface area contributed by atoms with E-state index < -0.39 is 62.6 Å². The van der Waals surface area contributed by atoms with E-state index in [0.717, 1.165) is 9.80 Å². The monoisotopic (exact) mass is 598 g/mol. The number of carbonyl (C=O) groups is 5. The molecule has 0 saturated heterocycles. The van der Waals surface area contributed by atoms with E-state index in [1.165, 1.54) is 4.90 Å². The molecule has 0 unspecified atom stereocenters. The van der Waals surface area contributed by atoms with E-state index in [2.05, 4.69) is 0 Å². The molecular formula is C14H18DyN3Na2O10. The van der Waals surface area contributed by atoms with Crippen LogP contribution < -0.4 is 84.6 Å². The zero-order valence-electron chi connectivity index (χ0n) is 16.6. The number of aliphatic carboxylic acids is 5. The Kier molecular flexibility index (Phi) is 26.9. The van der Waals surface area contributed by atoms with Crippen LogP contribution in [0.4, 0.5) is 0 Å². The van der Waals surface area contributed by atoms with Crippen molar-refractivity contribution in [1.29, 1.82) is 0 Å². The molecule has 0 aliphatic rings. The smallest absolute Gasteiger partial charge is 0.549 e. The molecule has 1 radical (unpaired) electrons. The molecule has 0 rings (SSSR count). The van der Waals surface area contributed by atoms with E-state index in [4.69, 9.17) is 0 Å². The van der Waals surface area contributed by atoms with Gasteiger partial charge in [0.25, 0.3) is 0 Å². The van der Waals surface area contributed by atoms with Crippen LogP contribution in [0.1, 0.15) is 0 Å². The van der Waals surface area contributed by atoms with E-state index in [1.807, 2.05) is 0 Å². The summed E-state index contributed by atoms with van der Waals surface area (Å²) >= 11 is 0. The molecule has 161 valence electrons. The minimum Gasteiger partial charge on any atom is -0.549 e. The molecular weight excluding hydrogens is 579 g/mol. The zero-order valence-corrected chi connectivity index (χ0v) is 22.6. The van der Waals surface area contributed by atoms with Crippen LogP contribution in [-0.4, -0.2) is 103 Å². The minimum atomic E-state index is -1.54. The first kappa shape index (κ1) is 37.8. The molecule has 30 heavy (non-hydrogen) atoms. The second-order valence-electron chi connectivity index (χ2n) is 5.56. The quantitative estimate of drug-likeness (QED) is 0.152. The Morgan fingerprint density at radius 1 is 0.433 bits per heavy atom. The van der Waals surface area contributed by atoms with Crippen LogP contribution in [0.25, 0.3) is 0 Å². The van der Waals surface area contributed by atoms with Gasteiger partial charge in [-0.25, -0.2) is 0 Å². The maximum atomic E-state index is 10.8. The molecule has 0 aromatic rings. The first-order valence-electron chi connectivity index (χ1n) is 7.66. The first-order chi connectivity index (χ1) is 12.5. The number of hydrogen-bond acceptors (Lipinski definition) is 13. The standard InChI is InChI=1S/C14H23N3O10.Dy.2Na/c18-10(19)5-15(1-3-16(6-11(20)21)7-12(22)23)2-4-17(8-13(24)25)9-14(26)27;;;/h1-9H2,(H,18,19)(H,20,21)(H,22,23)(H,24,25)(H,26,27);;;/q;+3;2*+1/p-5. The number of rotatable bonds is 16. The van der Waals surface area contributed by atoms with Crippen molar-refractivity contribution in [3.8, 4) is 0 Å². The Bertz CT molecular complexity index is 498. The van der Waals surface area contributed by atoms with Gasteiger partial charge in [0.05, 0.1) is 29.8 Å². The summed E-state index contributed by atoms with van der Waals surface area (Å²) in [5.41, 5.74) is 0. The van der Waals surface area contributed by atoms with Crippen molar-refractivity contribution < 1.29 is 147 Å². The summed E-state index contributed by atoms with van der Waals surface area (Å²) in [6.07, 6.45) is 0. The maximum absolute atomic E-state index is 10.8. The number of carboxylic acid groups (broad SMARTS) is 5. The van der Waals surface area contributed by atoms with Gasteiger partial charge in [-0.3, -0.25) is 14.7 Å². The molecule has 16 heteroatoms. The van der Waals surface area contributed by atoms with Crippen LogP contribution in [0.3, 0.4) is 0 Å². The average molecular weight is 597 g/mol. The molecule has 0 aliphatic heterocycles. The van der Waals surface area contributed by atoms with Crippen LogP contribution >= 0.6 is 0 Å². The number of nitrogens with zero attached hydrogens (tertiary/aromatic N) is 3. The summed E-state index contributed by atoms with van der Waals surface area (Å²) in [5, 5.41) is 53.3. The van der Waals surface area contributed by atoms with Crippen LogP contribution in [0.5, 0.6) is 0 Å². The first-order valence-corrected chi connectivity index (χ1v) is 7.66. The van der Waals surface area contributed by atoms with Gasteiger partial charge in [0.15, 0.2) is 0 Å². The normalized spacial score (nSPS) is 9.97. The zero-order chi connectivity index (χ0) is 21.0. The Morgan fingerprint density at radius 2 is 0.600 bits per heavy atom. The van der Waals surface area contributed by atoms with E-state index in [0.29, 0.717) is 0 Å². The molecule has 0 saturated carbocycles. The number of carboxylic acids is 5. The van der Waals surface area contributed by atoms with E-state index in [9.17, 15) is 49.5 Å². The Morgan fingerprint density at radius 3 is 0.800 bits per heavy atom. The van der Waals surface area contributed by atoms with Crippen molar-refractivity contribution in [2.45, 2.75) is 0 Å². The minimum absolute atomic E-state index is 0. The molecule has 0 N–H and O–H groups in total. The van der Waals surface area contributed by atoms with Gasteiger partial charge in [-0.2, -0.15) is 0 Å². The van der Waals surface area contributed by atoms with Crippen LogP contribution in [-0.2, 0) is 24.0 Å². The fourth-order valence-electron chi connectivity index (χ4n) is 2.18. The second-order valence-corrected chi connectivity index (χ2v) is 5.56. The summed E-state index contributed by atoms with van der Waals surface area (Å²) < 4.78 is 0. The van der Waals surface area contributed by atoms with Crippen molar-refractivity contribution in [1.82, 2.24) is 14.7 Å². The average Bonchev–Trinajstić information content (AvgIpc) is 2.46. The molecule has 0 aliphatic carbocycles. The Labute approximate surface area is 247 Å². The van der Waals surface area contributed by atoms with E-state index >= 15 is 0 Å². The molecule has 0 amide bonds. The van der Waals surface area contributed by atoms with Crippen molar-refractivity contribution in [3.05, 3.63) is 0 Å². The van der Waals surface area contributed by atoms with Gasteiger partial charge < -0.3 is 49.5 Å². The number of hydrogen-bond donors (Lipinski definition) is 0. The molecule has 0 bridgehead atoms. The van der Waals surface area contributed by atoms with Gasteiger partial charge in [-0.15, -0.1) is 0 Å². The fraction of sp³-hybridized carbons (Fsp3) is 0.643.